The largest absolute Gasteiger partial charge is 0.307 e. The van der Waals surface area contributed by atoms with Crippen LogP contribution in [0.15, 0.2) is 84.9 Å². The first kappa shape index (κ1) is 29.9. The topological polar surface area (TPSA) is 9.86 Å². The van der Waals surface area contributed by atoms with Gasteiger partial charge < -0.3 is 9.13 Å². The third-order valence-corrected chi connectivity index (χ3v) is 9.43. The van der Waals surface area contributed by atoms with Crippen LogP contribution in [0, 0.1) is 63.7 Å². The summed E-state index contributed by atoms with van der Waals surface area (Å²) in [5.41, 5.74) is 8.30. The summed E-state index contributed by atoms with van der Waals surface area (Å²) in [4.78, 5) is 0. The Labute approximate surface area is 273 Å². The Balaban J connectivity index is 1.59. The smallest absolute Gasteiger partial charge is 0.200 e. The van der Waals surface area contributed by atoms with Crippen LogP contribution in [-0.4, -0.2) is 9.13 Å². The molecular weight excluding hydrogens is 615 g/mol. The van der Waals surface area contributed by atoms with Crippen LogP contribution < -0.4 is 0 Å². The highest BCUT2D eigenvalue weighted by Gasteiger charge is 2.29. The van der Waals surface area contributed by atoms with Gasteiger partial charge in [-0.25, -0.2) is 22.0 Å². The number of aryl methyl sites for hydroxylation is 5. The van der Waals surface area contributed by atoms with Gasteiger partial charge in [-0.05, 0) is 106 Å². The molecule has 0 amide bonds. The van der Waals surface area contributed by atoms with Gasteiger partial charge in [0.15, 0.2) is 23.3 Å². The predicted molar refractivity (Wildman–Crippen MR) is 184 cm³/mol. The molecule has 8 aromatic rings. The average molecular weight is 645 g/mol. The van der Waals surface area contributed by atoms with Gasteiger partial charge in [0.1, 0.15) is 0 Å². The number of hydrogen-bond acceptors (Lipinski definition) is 0. The lowest BCUT2D eigenvalue weighted by molar-refractivity contribution is 0.381. The van der Waals surface area contributed by atoms with Gasteiger partial charge in [-0.2, -0.15) is 0 Å². The molecule has 0 radical (unpaired) electrons. The third-order valence-electron chi connectivity index (χ3n) is 9.43. The van der Waals surface area contributed by atoms with Crippen molar-refractivity contribution in [1.82, 2.24) is 9.13 Å². The van der Waals surface area contributed by atoms with E-state index >= 15 is 8.78 Å². The van der Waals surface area contributed by atoms with E-state index in [1.54, 1.807) is 19.1 Å². The van der Waals surface area contributed by atoms with Crippen molar-refractivity contribution in [2.45, 2.75) is 34.6 Å². The van der Waals surface area contributed by atoms with Crippen molar-refractivity contribution in [3.63, 3.8) is 0 Å². The number of fused-ring (bicyclic) bond motifs is 6. The van der Waals surface area contributed by atoms with Crippen molar-refractivity contribution in [3.8, 4) is 22.5 Å². The van der Waals surface area contributed by atoms with Crippen molar-refractivity contribution >= 4 is 43.6 Å². The SMILES string of the molecule is Cc1ccc2c(c1)c1cc(C)ccc1n2-c1cc(C)c(-c2c(F)c(F)c(F)c(F)c2F)cc1-n1c2ccc(C)cc2c2cc(C)ccc21. The molecule has 48 heavy (non-hydrogen) atoms. The zero-order valence-corrected chi connectivity index (χ0v) is 26.9. The van der Waals surface area contributed by atoms with Gasteiger partial charge in [0.05, 0.1) is 39.0 Å². The Kier molecular flexibility index (Phi) is 6.57. The quantitative estimate of drug-likeness (QED) is 0.103. The van der Waals surface area contributed by atoms with Crippen LogP contribution in [0.4, 0.5) is 22.0 Å². The van der Waals surface area contributed by atoms with Crippen LogP contribution in [0.3, 0.4) is 0 Å². The van der Waals surface area contributed by atoms with E-state index in [1.807, 2.05) is 68.7 Å². The second kappa shape index (κ2) is 10.5. The monoisotopic (exact) mass is 644 g/mol. The first-order valence-corrected chi connectivity index (χ1v) is 15.6. The molecule has 0 saturated carbocycles. The number of halogens is 5. The molecule has 0 atom stereocenters. The fourth-order valence-electron chi connectivity index (χ4n) is 7.17. The summed E-state index contributed by atoms with van der Waals surface area (Å²) in [6, 6.07) is 28.0. The van der Waals surface area contributed by atoms with Crippen LogP contribution in [0.1, 0.15) is 27.8 Å². The number of benzene rings is 6. The van der Waals surface area contributed by atoms with Crippen molar-refractivity contribution in [3.05, 3.63) is 142 Å². The molecule has 0 aliphatic heterocycles. The summed E-state index contributed by atoms with van der Waals surface area (Å²) in [5, 5.41) is 4.03. The fourth-order valence-corrected chi connectivity index (χ4v) is 7.17. The molecule has 0 N–H and O–H groups in total. The van der Waals surface area contributed by atoms with Gasteiger partial charge in [-0.3, -0.25) is 0 Å². The molecule has 0 aliphatic carbocycles. The van der Waals surface area contributed by atoms with E-state index in [0.29, 0.717) is 16.9 Å². The van der Waals surface area contributed by atoms with Crippen LogP contribution >= 0.6 is 0 Å². The van der Waals surface area contributed by atoms with Gasteiger partial charge in [0.25, 0.3) is 0 Å². The maximum atomic E-state index is 15.5. The van der Waals surface area contributed by atoms with E-state index in [1.165, 1.54) is 0 Å². The second-order valence-corrected chi connectivity index (χ2v) is 12.9. The van der Waals surface area contributed by atoms with E-state index in [9.17, 15) is 13.2 Å². The zero-order chi connectivity index (χ0) is 33.8. The molecule has 0 unspecified atom stereocenters. The fraction of sp³-hybridized carbons (Fsp3) is 0.122. The van der Waals surface area contributed by atoms with Gasteiger partial charge in [0, 0.05) is 21.5 Å². The summed E-state index contributed by atoms with van der Waals surface area (Å²) in [6.07, 6.45) is 0. The zero-order valence-electron chi connectivity index (χ0n) is 26.9. The van der Waals surface area contributed by atoms with Gasteiger partial charge in [-0.1, -0.05) is 46.5 Å². The highest BCUT2D eigenvalue weighted by molar-refractivity contribution is 6.12. The van der Waals surface area contributed by atoms with Crippen molar-refractivity contribution in [2.24, 2.45) is 0 Å². The third kappa shape index (κ3) is 4.23. The lowest BCUT2D eigenvalue weighted by Crippen LogP contribution is -2.08. The van der Waals surface area contributed by atoms with Crippen LogP contribution in [0.2, 0.25) is 0 Å². The molecule has 0 spiro atoms. The highest BCUT2D eigenvalue weighted by Crippen LogP contribution is 2.43. The maximum Gasteiger partial charge on any atom is 0.200 e. The summed E-state index contributed by atoms with van der Waals surface area (Å²) < 4.78 is 78.5. The minimum Gasteiger partial charge on any atom is -0.307 e. The first-order chi connectivity index (χ1) is 22.9. The Morgan fingerprint density at radius 2 is 0.688 bits per heavy atom. The number of rotatable bonds is 3. The van der Waals surface area contributed by atoms with Gasteiger partial charge >= 0.3 is 0 Å². The van der Waals surface area contributed by atoms with E-state index in [4.69, 9.17) is 0 Å². The number of hydrogen-bond donors (Lipinski definition) is 0. The summed E-state index contributed by atoms with van der Waals surface area (Å²) in [6.45, 7) is 9.73. The Morgan fingerprint density at radius 1 is 0.375 bits per heavy atom. The minimum atomic E-state index is -2.19. The number of aromatic nitrogens is 2. The molecule has 2 nitrogen and oxygen atoms in total. The molecule has 0 bridgehead atoms. The van der Waals surface area contributed by atoms with Crippen molar-refractivity contribution < 1.29 is 22.0 Å². The molecule has 0 aliphatic rings. The first-order valence-electron chi connectivity index (χ1n) is 15.6. The van der Waals surface area contributed by atoms with E-state index < -0.39 is 34.6 Å². The molecule has 6 aromatic carbocycles. The standard InChI is InChI=1S/C41H29F5N2/c1-20-6-10-30-26(14-20)27-15-21(2)7-11-31(27)47(30)34-18-24(5)25(36-37(42)39(44)41(46)40(45)38(36)43)19-35(34)48-32-12-8-22(3)16-28(32)29-17-23(4)9-13-33(29)48/h6-19H,1-5H3. The van der Waals surface area contributed by atoms with Crippen LogP contribution in [0.5, 0.6) is 0 Å². The van der Waals surface area contributed by atoms with E-state index in [0.717, 1.165) is 65.9 Å². The van der Waals surface area contributed by atoms with E-state index in [-0.39, 0.29) is 5.56 Å². The molecule has 238 valence electrons. The molecule has 2 aromatic heterocycles. The van der Waals surface area contributed by atoms with Crippen molar-refractivity contribution in [2.75, 3.05) is 0 Å². The molecular formula is C41H29F5N2. The predicted octanol–water partition coefficient (Wildman–Crippen LogP) is 11.8. The Morgan fingerprint density at radius 3 is 1.04 bits per heavy atom. The van der Waals surface area contributed by atoms with Crippen LogP contribution in [-0.2, 0) is 0 Å². The summed E-state index contributed by atoms with van der Waals surface area (Å²) in [5.74, 6) is -9.89. The highest BCUT2D eigenvalue weighted by atomic mass is 19.2. The molecule has 0 fully saturated rings. The summed E-state index contributed by atoms with van der Waals surface area (Å²) in [7, 11) is 0. The Bertz CT molecular complexity index is 2530. The molecule has 8 rings (SSSR count). The molecule has 2 heterocycles. The maximum absolute atomic E-state index is 15.5. The molecule has 7 heteroatoms. The van der Waals surface area contributed by atoms with Crippen molar-refractivity contribution in [1.29, 1.82) is 0 Å². The Hall–Kier alpha value is -5.43. The normalized spacial score (nSPS) is 12.0. The minimum absolute atomic E-state index is 0.0942. The van der Waals surface area contributed by atoms with Gasteiger partial charge in [0.2, 0.25) is 5.82 Å². The second-order valence-electron chi connectivity index (χ2n) is 12.9. The lowest BCUT2D eigenvalue weighted by atomic mass is 9.96. The lowest BCUT2D eigenvalue weighted by Gasteiger charge is -2.21. The number of nitrogens with zero attached hydrogens (tertiary/aromatic N) is 2. The summed E-state index contributed by atoms with van der Waals surface area (Å²) >= 11 is 0. The van der Waals surface area contributed by atoms with Crippen LogP contribution in [0.25, 0.3) is 66.1 Å². The van der Waals surface area contributed by atoms with Gasteiger partial charge in [-0.15, -0.1) is 0 Å². The molecule has 0 saturated heterocycles. The van der Waals surface area contributed by atoms with E-state index in [2.05, 4.69) is 41.0 Å². The average Bonchev–Trinajstić information content (AvgIpc) is 3.54.